The Morgan fingerprint density at radius 2 is 1.96 bits per heavy atom. The fourth-order valence-corrected chi connectivity index (χ4v) is 2.59. The molecule has 1 N–H and O–H groups in total. The zero-order valence-electron chi connectivity index (χ0n) is 16.0. The van der Waals surface area contributed by atoms with E-state index >= 15 is 0 Å². The van der Waals surface area contributed by atoms with Crippen molar-refractivity contribution in [1.82, 2.24) is 4.90 Å². The third kappa shape index (κ3) is 5.31. The number of aryl methyl sites for hydroxylation is 1. The average Bonchev–Trinajstić information content (AvgIpc) is 3.45. The molecule has 0 bridgehead atoms. The number of carbonyl (C=O) groups is 3. The molecule has 1 aliphatic carbocycles. The van der Waals surface area contributed by atoms with Crippen LogP contribution in [0.15, 0.2) is 18.2 Å². The molecule has 0 aliphatic heterocycles. The monoisotopic (exact) mass is 360 g/mol. The van der Waals surface area contributed by atoms with Crippen molar-refractivity contribution in [2.24, 2.45) is 5.92 Å². The van der Waals surface area contributed by atoms with Gasteiger partial charge in [-0.25, -0.2) is 0 Å². The third-order valence-electron chi connectivity index (χ3n) is 4.88. The number of esters is 1. The van der Waals surface area contributed by atoms with Crippen molar-refractivity contribution in [3.8, 4) is 0 Å². The van der Waals surface area contributed by atoms with Crippen LogP contribution in [-0.2, 0) is 19.1 Å². The van der Waals surface area contributed by atoms with E-state index in [-0.39, 0.29) is 42.9 Å². The molecule has 1 aromatic carbocycles. The number of amides is 2. The number of nitrogens with one attached hydrogen (secondary N) is 1. The lowest BCUT2D eigenvalue weighted by atomic mass is 10.1. The molecule has 2 amide bonds. The van der Waals surface area contributed by atoms with Gasteiger partial charge < -0.3 is 15.0 Å². The molecule has 0 saturated heterocycles. The number of rotatable bonds is 8. The Labute approximate surface area is 154 Å². The van der Waals surface area contributed by atoms with Crippen LogP contribution in [0.4, 0.5) is 5.69 Å². The van der Waals surface area contributed by atoms with E-state index in [0.29, 0.717) is 6.42 Å². The lowest BCUT2D eigenvalue weighted by Crippen LogP contribution is -2.45. The van der Waals surface area contributed by atoms with E-state index in [1.807, 2.05) is 45.9 Å². The number of hydrogen-bond acceptors (Lipinski definition) is 4. The van der Waals surface area contributed by atoms with Crippen LogP contribution in [0.25, 0.3) is 0 Å². The molecule has 142 valence electrons. The first-order chi connectivity index (χ1) is 12.3. The van der Waals surface area contributed by atoms with Crippen LogP contribution in [0.5, 0.6) is 0 Å². The second kappa shape index (κ2) is 8.83. The van der Waals surface area contributed by atoms with Gasteiger partial charge in [0, 0.05) is 11.7 Å². The van der Waals surface area contributed by atoms with E-state index in [2.05, 4.69) is 5.32 Å². The summed E-state index contributed by atoms with van der Waals surface area (Å²) in [7, 11) is 0. The zero-order valence-corrected chi connectivity index (χ0v) is 16.0. The third-order valence-corrected chi connectivity index (χ3v) is 4.88. The second-order valence-electron chi connectivity index (χ2n) is 6.96. The van der Waals surface area contributed by atoms with Crippen molar-refractivity contribution in [1.29, 1.82) is 0 Å². The zero-order chi connectivity index (χ0) is 19.3. The Balaban J connectivity index is 1.97. The smallest absolute Gasteiger partial charge is 0.309 e. The summed E-state index contributed by atoms with van der Waals surface area (Å²) in [4.78, 5) is 38.0. The van der Waals surface area contributed by atoms with Gasteiger partial charge in [-0.3, -0.25) is 14.4 Å². The van der Waals surface area contributed by atoms with Crippen LogP contribution >= 0.6 is 0 Å². The van der Waals surface area contributed by atoms with E-state index < -0.39 is 0 Å². The molecular formula is C20H28N2O4. The number of ether oxygens (including phenoxy) is 1. The molecule has 0 aromatic heterocycles. The minimum atomic E-state index is -0.343. The maximum atomic E-state index is 12.5. The summed E-state index contributed by atoms with van der Waals surface area (Å²) in [6.45, 7) is 7.38. The SMILES string of the molecule is CC[C@@H](C)N(CC(=O)Nc1cccc(C)c1C)C(=O)COC(=O)C1CC1. The Bertz CT molecular complexity index is 682. The molecule has 1 atom stereocenters. The van der Waals surface area contributed by atoms with Crippen molar-refractivity contribution in [3.63, 3.8) is 0 Å². The maximum Gasteiger partial charge on any atom is 0.309 e. The summed E-state index contributed by atoms with van der Waals surface area (Å²) in [5.74, 6) is -0.972. The van der Waals surface area contributed by atoms with E-state index in [1.54, 1.807) is 0 Å². The van der Waals surface area contributed by atoms with Crippen molar-refractivity contribution in [2.45, 2.75) is 53.0 Å². The summed E-state index contributed by atoms with van der Waals surface area (Å²) in [5, 5.41) is 2.87. The Kier molecular flexibility index (Phi) is 6.77. The van der Waals surface area contributed by atoms with Crippen molar-refractivity contribution < 1.29 is 19.1 Å². The Hall–Kier alpha value is -2.37. The number of anilines is 1. The molecule has 1 fully saturated rings. The normalized spacial score (nSPS) is 14.5. The van der Waals surface area contributed by atoms with Crippen LogP contribution in [-0.4, -0.2) is 41.9 Å². The van der Waals surface area contributed by atoms with Crippen LogP contribution in [0, 0.1) is 19.8 Å². The predicted octanol–water partition coefficient (Wildman–Crippen LogP) is 2.82. The molecule has 6 nitrogen and oxygen atoms in total. The summed E-state index contributed by atoms with van der Waals surface area (Å²) in [6.07, 6.45) is 2.37. The molecule has 6 heteroatoms. The highest BCUT2D eigenvalue weighted by molar-refractivity contribution is 5.95. The molecule has 1 aliphatic rings. The topological polar surface area (TPSA) is 75.7 Å². The van der Waals surface area contributed by atoms with Gasteiger partial charge in [0.1, 0.15) is 6.54 Å². The highest BCUT2D eigenvalue weighted by Crippen LogP contribution is 2.30. The van der Waals surface area contributed by atoms with Crippen molar-refractivity contribution in [3.05, 3.63) is 29.3 Å². The van der Waals surface area contributed by atoms with Gasteiger partial charge in [0.05, 0.1) is 5.92 Å². The minimum Gasteiger partial charge on any atom is -0.455 e. The lowest BCUT2D eigenvalue weighted by Gasteiger charge is -2.28. The molecule has 0 heterocycles. The molecule has 0 unspecified atom stereocenters. The van der Waals surface area contributed by atoms with Gasteiger partial charge in [-0.15, -0.1) is 0 Å². The number of benzene rings is 1. The number of hydrogen-bond donors (Lipinski definition) is 1. The molecule has 1 saturated carbocycles. The first-order valence-corrected chi connectivity index (χ1v) is 9.15. The van der Waals surface area contributed by atoms with E-state index in [1.165, 1.54) is 4.90 Å². The first kappa shape index (κ1) is 19.9. The molecule has 0 spiro atoms. The van der Waals surface area contributed by atoms with Crippen LogP contribution in [0.3, 0.4) is 0 Å². The van der Waals surface area contributed by atoms with Crippen molar-refractivity contribution in [2.75, 3.05) is 18.5 Å². The summed E-state index contributed by atoms with van der Waals surface area (Å²) in [5.41, 5.74) is 2.83. The van der Waals surface area contributed by atoms with Gasteiger partial charge in [-0.05, 0) is 57.2 Å². The van der Waals surface area contributed by atoms with E-state index in [4.69, 9.17) is 4.74 Å². The van der Waals surface area contributed by atoms with Gasteiger partial charge in [0.2, 0.25) is 5.91 Å². The van der Waals surface area contributed by atoms with Gasteiger partial charge in [0.25, 0.3) is 5.91 Å². The molecule has 2 rings (SSSR count). The van der Waals surface area contributed by atoms with Gasteiger partial charge in [-0.1, -0.05) is 19.1 Å². The van der Waals surface area contributed by atoms with E-state index in [9.17, 15) is 14.4 Å². The fraction of sp³-hybridized carbons (Fsp3) is 0.550. The van der Waals surface area contributed by atoms with Crippen LogP contribution in [0.2, 0.25) is 0 Å². The summed E-state index contributed by atoms with van der Waals surface area (Å²) < 4.78 is 5.08. The molecule has 26 heavy (non-hydrogen) atoms. The van der Waals surface area contributed by atoms with Gasteiger partial charge in [0.15, 0.2) is 6.61 Å². The number of carbonyl (C=O) groups excluding carboxylic acids is 3. The standard InChI is InChI=1S/C20H28N2O4/c1-5-14(3)22(19(24)12-26-20(25)16-9-10-16)11-18(23)21-17-8-6-7-13(2)15(17)4/h6-8,14,16H,5,9-12H2,1-4H3,(H,21,23)/t14-/m1/s1. The quantitative estimate of drug-likeness (QED) is 0.723. The second-order valence-corrected chi connectivity index (χ2v) is 6.96. The van der Waals surface area contributed by atoms with Gasteiger partial charge in [-0.2, -0.15) is 0 Å². The highest BCUT2D eigenvalue weighted by Gasteiger charge is 2.32. The Morgan fingerprint density at radius 1 is 1.27 bits per heavy atom. The van der Waals surface area contributed by atoms with Crippen molar-refractivity contribution >= 4 is 23.5 Å². The van der Waals surface area contributed by atoms with Crippen LogP contribution < -0.4 is 5.32 Å². The maximum absolute atomic E-state index is 12.5. The Morgan fingerprint density at radius 3 is 2.58 bits per heavy atom. The summed E-state index contributed by atoms with van der Waals surface area (Å²) >= 11 is 0. The van der Waals surface area contributed by atoms with Crippen LogP contribution in [0.1, 0.15) is 44.2 Å². The predicted molar refractivity (Wildman–Crippen MR) is 99.7 cm³/mol. The molecule has 0 radical (unpaired) electrons. The largest absolute Gasteiger partial charge is 0.455 e. The number of nitrogens with zero attached hydrogens (tertiary/aromatic N) is 1. The van der Waals surface area contributed by atoms with Gasteiger partial charge >= 0.3 is 5.97 Å². The summed E-state index contributed by atoms with van der Waals surface area (Å²) in [6, 6.07) is 5.58. The highest BCUT2D eigenvalue weighted by atomic mass is 16.5. The average molecular weight is 360 g/mol. The lowest BCUT2D eigenvalue weighted by molar-refractivity contribution is -0.154. The molecule has 1 aromatic rings. The minimum absolute atomic E-state index is 0.0487. The fourth-order valence-electron chi connectivity index (χ4n) is 2.59. The first-order valence-electron chi connectivity index (χ1n) is 9.15. The van der Waals surface area contributed by atoms with E-state index in [0.717, 1.165) is 29.7 Å². The molecular weight excluding hydrogens is 332 g/mol.